The van der Waals surface area contributed by atoms with Gasteiger partial charge in [-0.3, -0.25) is 4.57 Å². The van der Waals surface area contributed by atoms with Crippen LogP contribution in [0.5, 0.6) is 0 Å². The minimum Gasteiger partial charge on any atom is -0.307 e. The third-order valence-electron chi connectivity index (χ3n) is 6.69. The molecule has 0 aliphatic carbocycles. The molecule has 0 saturated carbocycles. The number of rotatable bonds is 2. The Morgan fingerprint density at radius 1 is 0.667 bits per heavy atom. The Balaban J connectivity index is 1.81. The molecule has 6 heteroatoms. The summed E-state index contributed by atoms with van der Waals surface area (Å²) in [7, 11) is -2.51. The van der Waals surface area contributed by atoms with Crippen molar-refractivity contribution in [1.29, 1.82) is 0 Å². The van der Waals surface area contributed by atoms with Crippen molar-refractivity contribution in [3.05, 3.63) is 0 Å². The largest absolute Gasteiger partial charge is 0.307 e. The maximum atomic E-state index is 14.1. The van der Waals surface area contributed by atoms with E-state index in [9.17, 15) is 4.57 Å². The van der Waals surface area contributed by atoms with Gasteiger partial charge in [-0.25, -0.2) is 9.34 Å². The summed E-state index contributed by atoms with van der Waals surface area (Å²) in [6.07, 6.45) is 4.24. The molecule has 0 aromatic rings. The summed E-state index contributed by atoms with van der Waals surface area (Å²) in [5.74, 6) is 0. The Bertz CT molecular complexity index is 546. The first-order chi connectivity index (χ1) is 12.0. The van der Waals surface area contributed by atoms with Crippen molar-refractivity contribution < 1.29 is 4.57 Å². The summed E-state index contributed by atoms with van der Waals surface area (Å²) < 4.78 is 18.9. The molecule has 3 aliphatic heterocycles. The molecular weight excluding hydrogens is 355 g/mol. The second kappa shape index (κ2) is 6.54. The van der Waals surface area contributed by atoms with E-state index in [1.54, 1.807) is 0 Å². The molecule has 5 nitrogen and oxygen atoms in total. The molecule has 3 heterocycles. The summed E-state index contributed by atoms with van der Waals surface area (Å²) in [5, 5.41) is 7.54. The van der Waals surface area contributed by atoms with E-state index in [1.807, 2.05) is 6.66 Å². The minimum atomic E-state index is -2.51. The van der Waals surface area contributed by atoms with Gasteiger partial charge in [0.1, 0.15) is 0 Å². The van der Waals surface area contributed by atoms with Gasteiger partial charge in [0.15, 0.2) is 0 Å². The van der Waals surface area contributed by atoms with E-state index in [2.05, 4.69) is 75.4 Å². The fourth-order valence-electron chi connectivity index (χ4n) is 6.65. The molecule has 0 atom stereocenters. The molecule has 3 fully saturated rings. The molecule has 0 radical (unpaired) electrons. The number of piperidine rings is 2. The summed E-state index contributed by atoms with van der Waals surface area (Å²) in [6.45, 7) is 22.2. The van der Waals surface area contributed by atoms with Crippen LogP contribution in [-0.4, -0.2) is 63.3 Å². The fraction of sp³-hybridized carbons (Fsp3) is 1.00. The van der Waals surface area contributed by atoms with Crippen LogP contribution < -0.4 is 10.6 Å². The van der Waals surface area contributed by atoms with Gasteiger partial charge in [0.25, 0.3) is 0 Å². The van der Waals surface area contributed by atoms with Gasteiger partial charge in [-0.2, -0.15) is 0 Å². The van der Waals surface area contributed by atoms with Crippen LogP contribution in [0.15, 0.2) is 0 Å². The van der Waals surface area contributed by atoms with Crippen molar-refractivity contribution in [2.24, 2.45) is 0 Å². The molecule has 27 heavy (non-hydrogen) atoms. The molecule has 2 N–H and O–H groups in total. The van der Waals surface area contributed by atoms with Gasteiger partial charge in [0.2, 0.25) is 7.44 Å². The molecule has 3 aliphatic rings. The van der Waals surface area contributed by atoms with Crippen LogP contribution >= 0.6 is 7.44 Å². The zero-order valence-electron chi connectivity index (χ0n) is 19.1. The number of hydrogen-bond donors (Lipinski definition) is 2. The lowest BCUT2D eigenvalue weighted by molar-refractivity contribution is 0.112. The predicted octanol–water partition coefficient (Wildman–Crippen LogP) is 4.05. The van der Waals surface area contributed by atoms with Crippen LogP contribution in [0.3, 0.4) is 0 Å². The smallest absolute Gasteiger partial charge is 0.214 e. The lowest BCUT2D eigenvalue weighted by Crippen LogP contribution is -2.62. The first kappa shape index (κ1) is 21.8. The molecule has 0 aromatic heterocycles. The molecule has 0 spiro atoms. The minimum absolute atomic E-state index is 0.0819. The van der Waals surface area contributed by atoms with Crippen molar-refractivity contribution in [3.63, 3.8) is 0 Å². The zero-order valence-corrected chi connectivity index (χ0v) is 20.0. The third-order valence-corrected chi connectivity index (χ3v) is 9.65. The topological polar surface area (TPSA) is 47.6 Å². The Hall–Kier alpha value is 0.0700. The van der Waals surface area contributed by atoms with E-state index in [4.69, 9.17) is 0 Å². The SMILES string of the molecule is CC1(C)CC(N2CCN(C3CC(C)(C)NC(C)(C)C3)P2(C)=O)CC(C)(C)N1. The predicted molar refractivity (Wildman–Crippen MR) is 116 cm³/mol. The summed E-state index contributed by atoms with van der Waals surface area (Å²) in [4.78, 5) is 0. The van der Waals surface area contributed by atoms with Crippen molar-refractivity contribution in [2.45, 2.75) is 115 Å². The lowest BCUT2D eigenvalue weighted by Gasteiger charge is -2.51. The quantitative estimate of drug-likeness (QED) is 0.688. The average Bonchev–Trinajstić information content (AvgIpc) is 2.66. The maximum absolute atomic E-state index is 14.1. The highest BCUT2D eigenvalue weighted by Crippen LogP contribution is 2.59. The molecule has 3 saturated heterocycles. The van der Waals surface area contributed by atoms with Crippen LogP contribution in [0.1, 0.15) is 81.1 Å². The van der Waals surface area contributed by atoms with E-state index in [0.29, 0.717) is 12.1 Å². The van der Waals surface area contributed by atoms with Crippen molar-refractivity contribution in [2.75, 3.05) is 19.8 Å². The van der Waals surface area contributed by atoms with Crippen LogP contribution in [0, 0.1) is 0 Å². The molecule has 0 amide bonds. The van der Waals surface area contributed by atoms with Crippen molar-refractivity contribution >= 4 is 7.44 Å². The Morgan fingerprint density at radius 2 is 0.926 bits per heavy atom. The summed E-state index contributed by atoms with van der Waals surface area (Å²) >= 11 is 0. The third kappa shape index (κ3) is 4.64. The van der Waals surface area contributed by atoms with E-state index < -0.39 is 7.44 Å². The second-order valence-electron chi connectivity index (χ2n) is 12.1. The molecular formula is C21H43N4OP. The van der Waals surface area contributed by atoms with E-state index in [1.165, 1.54) is 0 Å². The van der Waals surface area contributed by atoms with Gasteiger partial charge in [-0.05, 0) is 81.1 Å². The second-order valence-corrected chi connectivity index (χ2v) is 14.8. The normalized spacial score (nSPS) is 34.0. The first-order valence-electron chi connectivity index (χ1n) is 10.7. The van der Waals surface area contributed by atoms with Crippen LogP contribution in [0.2, 0.25) is 0 Å². The lowest BCUT2D eigenvalue weighted by atomic mass is 9.79. The summed E-state index contributed by atoms with van der Waals surface area (Å²) in [5.41, 5.74) is 0.328. The van der Waals surface area contributed by atoms with Gasteiger partial charge in [-0.15, -0.1) is 0 Å². The first-order valence-corrected chi connectivity index (χ1v) is 12.8. The number of nitrogens with one attached hydrogen (secondary N) is 2. The highest BCUT2D eigenvalue weighted by atomic mass is 31.2. The van der Waals surface area contributed by atoms with Crippen LogP contribution in [0.4, 0.5) is 0 Å². The number of nitrogens with zero attached hydrogens (tertiary/aromatic N) is 2. The van der Waals surface area contributed by atoms with Gasteiger partial charge in [0.05, 0.1) is 0 Å². The van der Waals surface area contributed by atoms with E-state index in [-0.39, 0.29) is 22.2 Å². The average molecular weight is 399 g/mol. The molecule has 158 valence electrons. The molecule has 0 bridgehead atoms. The molecule has 0 unspecified atom stereocenters. The molecule has 0 aromatic carbocycles. The Kier molecular flexibility index (Phi) is 5.27. The van der Waals surface area contributed by atoms with Gasteiger partial charge in [-0.1, -0.05) is 0 Å². The Morgan fingerprint density at radius 3 is 1.19 bits per heavy atom. The molecule has 3 rings (SSSR count). The highest BCUT2D eigenvalue weighted by Gasteiger charge is 2.51. The van der Waals surface area contributed by atoms with E-state index in [0.717, 1.165) is 38.8 Å². The Labute approximate surface area is 167 Å². The van der Waals surface area contributed by atoms with Gasteiger partial charge in [0, 0.05) is 54.0 Å². The zero-order chi connectivity index (χ0) is 20.5. The maximum Gasteiger partial charge on any atom is 0.214 e. The van der Waals surface area contributed by atoms with E-state index >= 15 is 0 Å². The van der Waals surface area contributed by atoms with Gasteiger partial charge < -0.3 is 10.6 Å². The summed E-state index contributed by atoms with van der Waals surface area (Å²) in [6, 6.07) is 0.777. The van der Waals surface area contributed by atoms with Crippen LogP contribution in [0.25, 0.3) is 0 Å². The number of hydrogen-bond acceptors (Lipinski definition) is 3. The van der Waals surface area contributed by atoms with Gasteiger partial charge >= 0.3 is 0 Å². The van der Waals surface area contributed by atoms with Crippen molar-refractivity contribution in [1.82, 2.24) is 20.0 Å². The highest BCUT2D eigenvalue weighted by molar-refractivity contribution is 7.58. The monoisotopic (exact) mass is 398 g/mol. The van der Waals surface area contributed by atoms with Crippen LogP contribution in [-0.2, 0) is 4.57 Å². The van der Waals surface area contributed by atoms with Crippen molar-refractivity contribution in [3.8, 4) is 0 Å². The fourth-order valence-corrected chi connectivity index (χ4v) is 9.41. The standard InChI is InChI=1S/C21H43N4OP/c1-18(2)12-16(13-19(3,4)22-18)24-10-11-25(27(24,9)26)17-14-20(5,6)23-21(7,8)15-17/h16-17,22-23H,10-15H2,1-9H3.